The Morgan fingerprint density at radius 2 is 1.83 bits per heavy atom. The lowest BCUT2D eigenvalue weighted by Gasteiger charge is -2.26. The van der Waals surface area contributed by atoms with E-state index < -0.39 is 0 Å². The van der Waals surface area contributed by atoms with E-state index in [1.807, 2.05) is 38.1 Å². The summed E-state index contributed by atoms with van der Waals surface area (Å²) < 4.78 is 11.5. The van der Waals surface area contributed by atoms with Crippen molar-refractivity contribution in [1.82, 2.24) is 5.32 Å². The van der Waals surface area contributed by atoms with Crippen LogP contribution in [0.5, 0.6) is 11.5 Å². The van der Waals surface area contributed by atoms with Gasteiger partial charge in [0, 0.05) is 23.6 Å². The second-order valence-corrected chi connectivity index (χ2v) is 7.70. The number of hydrogen-bond donors (Lipinski definition) is 2. The summed E-state index contributed by atoms with van der Waals surface area (Å²) >= 11 is 6.01. The Morgan fingerprint density at radius 1 is 1.10 bits per heavy atom. The smallest absolute Gasteiger partial charge is 0.275 e. The zero-order valence-corrected chi connectivity index (χ0v) is 18.0. The van der Waals surface area contributed by atoms with E-state index in [-0.39, 0.29) is 5.91 Å². The van der Waals surface area contributed by atoms with Gasteiger partial charge >= 0.3 is 0 Å². The van der Waals surface area contributed by atoms with Gasteiger partial charge in [0.25, 0.3) is 5.91 Å². The van der Waals surface area contributed by atoms with Crippen molar-refractivity contribution in [1.29, 1.82) is 0 Å². The van der Waals surface area contributed by atoms with Crippen LogP contribution in [0.4, 0.5) is 0 Å². The summed E-state index contributed by atoms with van der Waals surface area (Å²) in [4.78, 5) is 13.7. The van der Waals surface area contributed by atoms with Crippen LogP contribution in [0.2, 0.25) is 5.02 Å². The summed E-state index contributed by atoms with van der Waals surface area (Å²) in [5.74, 6) is 1.69. The molecule has 156 valence electrons. The first-order chi connectivity index (χ1) is 14.1. The van der Waals surface area contributed by atoms with Crippen LogP contribution in [0.1, 0.15) is 30.5 Å². The number of ether oxygens (including phenoxy) is 2. The van der Waals surface area contributed by atoms with E-state index in [1.165, 1.54) is 16.0 Å². The van der Waals surface area contributed by atoms with Crippen LogP contribution in [0.15, 0.2) is 36.4 Å². The molecule has 6 heteroatoms. The Bertz CT molecular complexity index is 841. The molecule has 0 fully saturated rings. The number of carbonyl (C=O) groups is 1. The number of quaternary nitrogens is 1. The molecule has 0 bridgehead atoms. The fourth-order valence-electron chi connectivity index (χ4n) is 3.73. The molecule has 1 aliphatic rings. The molecular weight excluding hydrogens is 388 g/mol. The van der Waals surface area contributed by atoms with Crippen LogP contribution in [0.3, 0.4) is 0 Å². The highest BCUT2D eigenvalue weighted by atomic mass is 35.5. The molecule has 2 N–H and O–H groups in total. The van der Waals surface area contributed by atoms with E-state index in [0.29, 0.717) is 26.3 Å². The van der Waals surface area contributed by atoms with Crippen molar-refractivity contribution in [3.63, 3.8) is 0 Å². The van der Waals surface area contributed by atoms with Gasteiger partial charge in [-0.05, 0) is 55.7 Å². The van der Waals surface area contributed by atoms with Crippen LogP contribution in [-0.4, -0.2) is 38.8 Å². The van der Waals surface area contributed by atoms with E-state index in [4.69, 9.17) is 21.1 Å². The minimum atomic E-state index is 0.0847. The number of nitrogens with one attached hydrogen (secondary N) is 2. The minimum Gasteiger partial charge on any atom is -0.490 e. The van der Waals surface area contributed by atoms with Crippen molar-refractivity contribution in [3.05, 3.63) is 58.1 Å². The molecular formula is C23H30ClN2O3+. The largest absolute Gasteiger partial charge is 0.490 e. The third kappa shape index (κ3) is 6.12. The van der Waals surface area contributed by atoms with Crippen LogP contribution in [0.25, 0.3) is 0 Å². The second kappa shape index (κ2) is 10.5. The highest BCUT2D eigenvalue weighted by Crippen LogP contribution is 2.32. The highest BCUT2D eigenvalue weighted by molar-refractivity contribution is 6.30. The maximum absolute atomic E-state index is 12.4. The number of amides is 1. The predicted octanol–water partition coefficient (Wildman–Crippen LogP) is 2.44. The molecule has 2 aromatic rings. The first-order valence-electron chi connectivity index (χ1n) is 10.3. The molecule has 29 heavy (non-hydrogen) atoms. The lowest BCUT2D eigenvalue weighted by molar-refractivity contribution is -0.908. The normalized spacial score (nSPS) is 15.5. The summed E-state index contributed by atoms with van der Waals surface area (Å²) in [7, 11) is 0. The van der Waals surface area contributed by atoms with Crippen LogP contribution in [-0.2, 0) is 24.2 Å². The lowest BCUT2D eigenvalue weighted by Crippen LogP contribution is -3.12. The fourth-order valence-corrected chi connectivity index (χ4v) is 3.94. The van der Waals surface area contributed by atoms with Crippen LogP contribution >= 0.6 is 11.6 Å². The number of rotatable bonds is 9. The van der Waals surface area contributed by atoms with E-state index in [1.54, 1.807) is 0 Å². The zero-order chi connectivity index (χ0) is 20.6. The standard InChI is InChI=1S/C23H29ClN2O3/c1-3-28-21-13-18-9-11-26(15-19(18)14-22(21)29-4-2)16-23(27)25-10-8-17-6-5-7-20(24)12-17/h5-7,12-14H,3-4,8-11,15-16H2,1-2H3,(H,25,27)/p+1. The van der Waals surface area contributed by atoms with Gasteiger partial charge in [-0.2, -0.15) is 0 Å². The molecule has 0 spiro atoms. The first-order valence-corrected chi connectivity index (χ1v) is 10.7. The third-order valence-corrected chi connectivity index (χ3v) is 5.32. The average molecular weight is 418 g/mol. The minimum absolute atomic E-state index is 0.0847. The topological polar surface area (TPSA) is 52.0 Å². The summed E-state index contributed by atoms with van der Waals surface area (Å²) in [5.41, 5.74) is 3.66. The second-order valence-electron chi connectivity index (χ2n) is 7.27. The summed E-state index contributed by atoms with van der Waals surface area (Å²) in [5, 5.41) is 3.76. The predicted molar refractivity (Wildman–Crippen MR) is 115 cm³/mol. The molecule has 1 unspecified atom stereocenters. The van der Waals surface area contributed by atoms with E-state index in [0.717, 1.165) is 48.0 Å². The molecule has 1 aliphatic heterocycles. The molecule has 1 heterocycles. The number of fused-ring (bicyclic) bond motifs is 1. The maximum atomic E-state index is 12.4. The Hall–Kier alpha value is -2.24. The molecule has 0 saturated carbocycles. The monoisotopic (exact) mass is 417 g/mol. The van der Waals surface area contributed by atoms with E-state index >= 15 is 0 Å². The Morgan fingerprint density at radius 3 is 2.52 bits per heavy atom. The molecule has 5 nitrogen and oxygen atoms in total. The van der Waals surface area contributed by atoms with Gasteiger partial charge in [0.1, 0.15) is 6.54 Å². The summed E-state index contributed by atoms with van der Waals surface area (Å²) in [6.45, 7) is 8.03. The number of hydrogen-bond acceptors (Lipinski definition) is 3. The highest BCUT2D eigenvalue weighted by Gasteiger charge is 2.24. The maximum Gasteiger partial charge on any atom is 0.275 e. The van der Waals surface area contributed by atoms with Gasteiger partial charge in [0.05, 0.1) is 19.8 Å². The van der Waals surface area contributed by atoms with E-state index in [2.05, 4.69) is 17.4 Å². The molecule has 0 radical (unpaired) electrons. The number of halogens is 1. The summed E-state index contributed by atoms with van der Waals surface area (Å²) in [6, 6.07) is 11.9. The van der Waals surface area contributed by atoms with Crippen molar-refractivity contribution in [2.24, 2.45) is 0 Å². The van der Waals surface area contributed by atoms with Gasteiger partial charge in [-0.25, -0.2) is 0 Å². The Balaban J connectivity index is 1.53. The number of carbonyl (C=O) groups excluding carboxylic acids is 1. The van der Waals surface area contributed by atoms with Crippen molar-refractivity contribution in [2.45, 2.75) is 33.2 Å². The fraction of sp³-hybridized carbons (Fsp3) is 0.435. The SMILES string of the molecule is CCOc1cc2c(cc1OCC)C[NH+](CC(=O)NCCc1cccc(Cl)c1)CC2. The molecule has 0 aliphatic carbocycles. The van der Waals surface area contributed by atoms with Crippen molar-refractivity contribution in [3.8, 4) is 11.5 Å². The van der Waals surface area contributed by atoms with Gasteiger partial charge in [0.15, 0.2) is 18.0 Å². The van der Waals surface area contributed by atoms with Crippen molar-refractivity contribution >= 4 is 17.5 Å². The zero-order valence-electron chi connectivity index (χ0n) is 17.2. The molecule has 1 amide bonds. The quantitative estimate of drug-likeness (QED) is 0.659. The first kappa shape index (κ1) is 21.5. The van der Waals surface area contributed by atoms with Crippen LogP contribution < -0.4 is 19.7 Å². The number of benzene rings is 2. The Labute approximate surface area is 177 Å². The van der Waals surface area contributed by atoms with Gasteiger partial charge in [-0.3, -0.25) is 4.79 Å². The van der Waals surface area contributed by atoms with Gasteiger partial charge in [-0.1, -0.05) is 23.7 Å². The average Bonchev–Trinajstić information content (AvgIpc) is 2.69. The lowest BCUT2D eigenvalue weighted by atomic mass is 9.98. The van der Waals surface area contributed by atoms with Crippen molar-refractivity contribution < 1.29 is 19.2 Å². The third-order valence-electron chi connectivity index (χ3n) is 5.09. The Kier molecular flexibility index (Phi) is 7.78. The van der Waals surface area contributed by atoms with E-state index in [9.17, 15) is 4.79 Å². The summed E-state index contributed by atoms with van der Waals surface area (Å²) in [6.07, 6.45) is 1.72. The van der Waals surface area contributed by atoms with Crippen LogP contribution in [0, 0.1) is 0 Å². The van der Waals surface area contributed by atoms with Gasteiger partial charge < -0.3 is 19.7 Å². The van der Waals surface area contributed by atoms with Crippen molar-refractivity contribution in [2.75, 3.05) is 32.8 Å². The van der Waals surface area contributed by atoms with Gasteiger partial charge in [-0.15, -0.1) is 0 Å². The van der Waals surface area contributed by atoms with Gasteiger partial charge in [0.2, 0.25) is 0 Å². The molecule has 0 aromatic heterocycles. The molecule has 2 aromatic carbocycles. The molecule has 3 rings (SSSR count). The molecule has 0 saturated heterocycles. The molecule has 1 atom stereocenters.